The minimum absolute atomic E-state index is 0.0729. The Morgan fingerprint density at radius 3 is 2.84 bits per heavy atom. The van der Waals surface area contributed by atoms with Gasteiger partial charge in [0.25, 0.3) is 0 Å². The van der Waals surface area contributed by atoms with Gasteiger partial charge in [0.2, 0.25) is 0 Å². The monoisotopic (exact) mass is 310 g/mol. The SMILES string of the molecule is O=C(Cn1cnc2ccccc21)c1cc(Cl)sc1Cl. The number of Topliss-reactive ketones (excluding diaryl/α,β-unsaturated/α-hetero) is 1. The number of nitrogens with zero attached hydrogens (tertiary/aromatic N) is 2. The second-order valence-corrected chi connectivity index (χ2v) is 6.31. The number of ketones is 1. The average Bonchev–Trinajstić information content (AvgIpc) is 2.94. The average molecular weight is 311 g/mol. The third kappa shape index (κ3) is 2.39. The van der Waals surface area contributed by atoms with Crippen LogP contribution < -0.4 is 0 Å². The van der Waals surface area contributed by atoms with Crippen molar-refractivity contribution in [1.29, 1.82) is 0 Å². The van der Waals surface area contributed by atoms with E-state index < -0.39 is 0 Å². The van der Waals surface area contributed by atoms with Crippen LogP contribution >= 0.6 is 34.5 Å². The highest BCUT2D eigenvalue weighted by molar-refractivity contribution is 7.20. The first-order valence-corrected chi connectivity index (χ1v) is 7.10. The van der Waals surface area contributed by atoms with Gasteiger partial charge >= 0.3 is 0 Å². The van der Waals surface area contributed by atoms with Gasteiger partial charge in [0.15, 0.2) is 5.78 Å². The van der Waals surface area contributed by atoms with Crippen LogP contribution in [0, 0.1) is 0 Å². The van der Waals surface area contributed by atoms with Gasteiger partial charge in [-0.3, -0.25) is 4.79 Å². The zero-order valence-electron chi connectivity index (χ0n) is 9.64. The highest BCUT2D eigenvalue weighted by atomic mass is 35.5. The third-order valence-electron chi connectivity index (χ3n) is 2.80. The van der Waals surface area contributed by atoms with Gasteiger partial charge in [-0.15, -0.1) is 11.3 Å². The fraction of sp³-hybridized carbons (Fsp3) is 0.0769. The highest BCUT2D eigenvalue weighted by Gasteiger charge is 2.15. The van der Waals surface area contributed by atoms with Crippen LogP contribution in [0.25, 0.3) is 11.0 Å². The quantitative estimate of drug-likeness (QED) is 0.676. The highest BCUT2D eigenvalue weighted by Crippen LogP contribution is 2.31. The molecule has 3 aromatic rings. The lowest BCUT2D eigenvalue weighted by atomic mass is 10.2. The maximum absolute atomic E-state index is 12.2. The Hall–Kier alpha value is -1.36. The summed E-state index contributed by atoms with van der Waals surface area (Å²) >= 11 is 13.0. The van der Waals surface area contributed by atoms with Crippen molar-refractivity contribution < 1.29 is 4.79 Å². The number of rotatable bonds is 3. The van der Waals surface area contributed by atoms with Crippen LogP contribution in [0.15, 0.2) is 36.7 Å². The molecule has 0 aliphatic rings. The Morgan fingerprint density at radius 2 is 2.11 bits per heavy atom. The maximum atomic E-state index is 12.2. The van der Waals surface area contributed by atoms with E-state index in [1.165, 1.54) is 11.3 Å². The zero-order valence-corrected chi connectivity index (χ0v) is 12.0. The maximum Gasteiger partial charge on any atom is 0.184 e. The second kappa shape index (κ2) is 4.96. The van der Waals surface area contributed by atoms with Gasteiger partial charge in [-0.2, -0.15) is 0 Å². The zero-order chi connectivity index (χ0) is 13.4. The summed E-state index contributed by atoms with van der Waals surface area (Å²) in [6.07, 6.45) is 1.66. The van der Waals surface area contributed by atoms with E-state index in [1.54, 1.807) is 17.0 Å². The third-order valence-corrected chi connectivity index (χ3v) is 4.29. The number of hydrogen-bond acceptors (Lipinski definition) is 3. The molecular formula is C13H8Cl2N2OS. The molecule has 0 N–H and O–H groups in total. The molecule has 2 heterocycles. The molecule has 6 heteroatoms. The van der Waals surface area contributed by atoms with Crippen LogP contribution in [0.2, 0.25) is 8.67 Å². The number of para-hydroxylation sites is 2. The van der Waals surface area contributed by atoms with E-state index >= 15 is 0 Å². The van der Waals surface area contributed by atoms with Gasteiger partial charge in [-0.05, 0) is 18.2 Å². The molecule has 1 aromatic carbocycles. The summed E-state index contributed by atoms with van der Waals surface area (Å²) in [7, 11) is 0. The summed E-state index contributed by atoms with van der Waals surface area (Å²) in [6, 6.07) is 9.27. The molecule has 0 saturated heterocycles. The molecule has 0 saturated carbocycles. The largest absolute Gasteiger partial charge is 0.323 e. The number of thiophene rings is 1. The molecule has 3 rings (SSSR count). The number of carbonyl (C=O) groups is 1. The smallest absolute Gasteiger partial charge is 0.184 e. The number of halogens is 2. The van der Waals surface area contributed by atoms with Crippen molar-refractivity contribution >= 4 is 51.4 Å². The molecule has 19 heavy (non-hydrogen) atoms. The van der Waals surface area contributed by atoms with Gasteiger partial charge in [-0.1, -0.05) is 35.3 Å². The Kier molecular flexibility index (Phi) is 3.31. The van der Waals surface area contributed by atoms with E-state index in [0.29, 0.717) is 14.2 Å². The van der Waals surface area contributed by atoms with Crippen LogP contribution in [-0.4, -0.2) is 15.3 Å². The van der Waals surface area contributed by atoms with Crippen molar-refractivity contribution in [3.8, 4) is 0 Å². The summed E-state index contributed by atoms with van der Waals surface area (Å²) in [4.78, 5) is 16.5. The van der Waals surface area contributed by atoms with E-state index in [4.69, 9.17) is 23.2 Å². The molecule has 96 valence electrons. The fourth-order valence-corrected chi connectivity index (χ4v) is 3.41. The molecule has 0 amide bonds. The first kappa shape index (κ1) is 12.7. The van der Waals surface area contributed by atoms with Crippen LogP contribution in [0.1, 0.15) is 10.4 Å². The van der Waals surface area contributed by atoms with Crippen molar-refractivity contribution in [2.24, 2.45) is 0 Å². The van der Waals surface area contributed by atoms with E-state index in [1.807, 2.05) is 24.3 Å². The van der Waals surface area contributed by atoms with Crippen molar-refractivity contribution in [3.05, 3.63) is 50.9 Å². The van der Waals surface area contributed by atoms with Gasteiger partial charge < -0.3 is 4.57 Å². The Morgan fingerprint density at radius 1 is 1.32 bits per heavy atom. The topological polar surface area (TPSA) is 34.9 Å². The minimum atomic E-state index is -0.0729. The summed E-state index contributed by atoms with van der Waals surface area (Å²) in [5, 5.41) is 0. The molecule has 0 unspecified atom stereocenters. The molecule has 0 fully saturated rings. The predicted octanol–water partition coefficient (Wildman–Crippen LogP) is 4.29. The number of hydrogen-bond donors (Lipinski definition) is 0. The lowest BCUT2D eigenvalue weighted by Crippen LogP contribution is -2.09. The summed E-state index contributed by atoms with van der Waals surface area (Å²) in [5.41, 5.74) is 2.26. The molecule has 0 spiro atoms. The Labute approximate surface area is 123 Å². The lowest BCUT2D eigenvalue weighted by Gasteiger charge is -2.02. The lowest BCUT2D eigenvalue weighted by molar-refractivity contribution is 0.0974. The number of aromatic nitrogens is 2. The normalized spacial score (nSPS) is 11.1. The molecule has 3 nitrogen and oxygen atoms in total. The van der Waals surface area contributed by atoms with Crippen LogP contribution in [0.5, 0.6) is 0 Å². The van der Waals surface area contributed by atoms with Crippen LogP contribution in [-0.2, 0) is 6.54 Å². The number of benzene rings is 1. The fourth-order valence-electron chi connectivity index (χ4n) is 1.91. The molecule has 0 atom stereocenters. The van der Waals surface area contributed by atoms with Crippen molar-refractivity contribution in [3.63, 3.8) is 0 Å². The molecule has 0 aliphatic heterocycles. The van der Waals surface area contributed by atoms with E-state index in [2.05, 4.69) is 4.98 Å². The summed E-state index contributed by atoms with van der Waals surface area (Å²) in [6.45, 7) is 0.202. The van der Waals surface area contributed by atoms with Gasteiger partial charge in [0, 0.05) is 0 Å². The molecule has 2 aromatic heterocycles. The Bertz CT molecular complexity index is 763. The van der Waals surface area contributed by atoms with Gasteiger partial charge in [0.05, 0.1) is 33.8 Å². The van der Waals surface area contributed by atoms with Crippen molar-refractivity contribution in [2.75, 3.05) is 0 Å². The van der Waals surface area contributed by atoms with Crippen molar-refractivity contribution in [2.45, 2.75) is 6.54 Å². The number of carbonyl (C=O) groups excluding carboxylic acids is 1. The first-order chi connectivity index (χ1) is 9.15. The molecular weight excluding hydrogens is 303 g/mol. The molecule has 0 bridgehead atoms. The summed E-state index contributed by atoms with van der Waals surface area (Å²) in [5.74, 6) is -0.0729. The number of fused-ring (bicyclic) bond motifs is 1. The van der Waals surface area contributed by atoms with E-state index in [0.717, 1.165) is 11.0 Å². The van der Waals surface area contributed by atoms with Gasteiger partial charge in [-0.25, -0.2) is 4.98 Å². The second-order valence-electron chi connectivity index (χ2n) is 4.02. The van der Waals surface area contributed by atoms with E-state index in [9.17, 15) is 4.79 Å². The predicted molar refractivity (Wildman–Crippen MR) is 78.4 cm³/mol. The van der Waals surface area contributed by atoms with Crippen LogP contribution in [0.4, 0.5) is 0 Å². The summed E-state index contributed by atoms with van der Waals surface area (Å²) < 4.78 is 2.75. The standard InChI is InChI=1S/C13H8Cl2N2OS/c14-12-5-8(13(15)19-12)11(18)6-17-7-16-9-3-1-2-4-10(9)17/h1-5,7H,6H2. The Balaban J connectivity index is 1.93. The minimum Gasteiger partial charge on any atom is -0.323 e. The first-order valence-electron chi connectivity index (χ1n) is 5.53. The molecule has 0 radical (unpaired) electrons. The van der Waals surface area contributed by atoms with Gasteiger partial charge in [0.1, 0.15) is 4.34 Å². The van der Waals surface area contributed by atoms with E-state index in [-0.39, 0.29) is 12.3 Å². The van der Waals surface area contributed by atoms with Crippen LogP contribution in [0.3, 0.4) is 0 Å². The molecule has 0 aliphatic carbocycles. The van der Waals surface area contributed by atoms with Crippen molar-refractivity contribution in [1.82, 2.24) is 9.55 Å². The number of imidazole rings is 1.